The first kappa shape index (κ1) is 21.1. The van der Waals surface area contributed by atoms with Crippen LogP contribution in [-0.4, -0.2) is 53.3 Å². The van der Waals surface area contributed by atoms with Gasteiger partial charge in [0.2, 0.25) is 5.91 Å². The molecule has 2 aromatic rings. The lowest BCUT2D eigenvalue weighted by Crippen LogP contribution is -2.46. The first-order valence-electron chi connectivity index (χ1n) is 11.0. The average molecular weight is 420 g/mol. The van der Waals surface area contributed by atoms with E-state index in [2.05, 4.69) is 24.3 Å². The highest BCUT2D eigenvalue weighted by atomic mass is 16.2. The van der Waals surface area contributed by atoms with Crippen LogP contribution >= 0.6 is 0 Å². The van der Waals surface area contributed by atoms with Crippen molar-refractivity contribution in [2.75, 3.05) is 24.5 Å². The zero-order valence-corrected chi connectivity index (χ0v) is 18.2. The molecule has 0 aliphatic carbocycles. The van der Waals surface area contributed by atoms with E-state index >= 15 is 0 Å². The fourth-order valence-corrected chi connectivity index (χ4v) is 4.48. The second kappa shape index (κ2) is 8.92. The summed E-state index contributed by atoms with van der Waals surface area (Å²) in [4.78, 5) is 42.9. The summed E-state index contributed by atoms with van der Waals surface area (Å²) in [6.07, 6.45) is 2.90. The quantitative estimate of drug-likeness (QED) is 0.696. The number of likely N-dealkylation sites (tertiary alicyclic amines) is 1. The number of nitrogens with zero attached hydrogens (tertiary/aromatic N) is 3. The van der Waals surface area contributed by atoms with Gasteiger partial charge in [0.15, 0.2) is 0 Å². The van der Waals surface area contributed by atoms with Crippen LogP contribution in [0.1, 0.15) is 30.9 Å². The summed E-state index contributed by atoms with van der Waals surface area (Å²) in [5, 5.41) is 0. The molecule has 2 heterocycles. The number of piperidine rings is 1. The van der Waals surface area contributed by atoms with E-state index in [9.17, 15) is 14.4 Å². The first-order valence-corrected chi connectivity index (χ1v) is 11.0. The van der Waals surface area contributed by atoms with Crippen molar-refractivity contribution in [3.63, 3.8) is 0 Å². The highest BCUT2D eigenvalue weighted by molar-refractivity contribution is 6.15. The van der Waals surface area contributed by atoms with Crippen LogP contribution in [0.4, 0.5) is 10.5 Å². The molecule has 0 unspecified atom stereocenters. The third-order valence-corrected chi connectivity index (χ3v) is 6.39. The van der Waals surface area contributed by atoms with E-state index in [1.54, 1.807) is 11.8 Å². The van der Waals surface area contributed by atoms with Gasteiger partial charge in [-0.05, 0) is 56.7 Å². The first-order chi connectivity index (χ1) is 14.9. The second-order valence-electron chi connectivity index (χ2n) is 8.60. The van der Waals surface area contributed by atoms with Crippen molar-refractivity contribution >= 4 is 23.5 Å². The molecule has 2 aromatic carbocycles. The Balaban J connectivity index is 1.34. The fourth-order valence-electron chi connectivity index (χ4n) is 4.48. The Morgan fingerprint density at radius 3 is 2.26 bits per heavy atom. The highest BCUT2D eigenvalue weighted by Crippen LogP contribution is 2.27. The van der Waals surface area contributed by atoms with E-state index < -0.39 is 12.1 Å². The van der Waals surface area contributed by atoms with E-state index in [-0.39, 0.29) is 18.4 Å². The molecule has 2 aliphatic heterocycles. The number of imide groups is 1. The van der Waals surface area contributed by atoms with Crippen molar-refractivity contribution in [2.24, 2.45) is 5.92 Å². The van der Waals surface area contributed by atoms with Crippen molar-refractivity contribution in [1.82, 2.24) is 9.80 Å². The van der Waals surface area contributed by atoms with Gasteiger partial charge in [-0.3, -0.25) is 19.4 Å². The van der Waals surface area contributed by atoms with Gasteiger partial charge < -0.3 is 4.90 Å². The Morgan fingerprint density at radius 2 is 1.61 bits per heavy atom. The van der Waals surface area contributed by atoms with Crippen molar-refractivity contribution in [3.8, 4) is 0 Å². The van der Waals surface area contributed by atoms with Gasteiger partial charge in [-0.15, -0.1) is 0 Å². The number of rotatable bonds is 5. The number of urea groups is 1. The fraction of sp³-hybridized carbons (Fsp3) is 0.400. The van der Waals surface area contributed by atoms with Gasteiger partial charge in [0.25, 0.3) is 5.91 Å². The van der Waals surface area contributed by atoms with Crippen LogP contribution in [0.3, 0.4) is 0 Å². The van der Waals surface area contributed by atoms with Gasteiger partial charge in [-0.2, -0.15) is 0 Å². The average Bonchev–Trinajstić information content (AvgIpc) is 2.99. The van der Waals surface area contributed by atoms with Crippen LogP contribution in [0.25, 0.3) is 0 Å². The van der Waals surface area contributed by atoms with Gasteiger partial charge in [0.05, 0.1) is 0 Å². The second-order valence-corrected chi connectivity index (χ2v) is 8.60. The SMILES string of the molecule is Cc1ccc(N2C(=O)N(CC(=O)N3CCC(Cc4ccccc4)CC3)C(=O)[C@H]2C)cc1. The molecule has 6 nitrogen and oxygen atoms in total. The summed E-state index contributed by atoms with van der Waals surface area (Å²) < 4.78 is 0. The Hall–Kier alpha value is -3.15. The minimum absolute atomic E-state index is 0.155. The number of carbonyl (C=O) groups is 3. The van der Waals surface area contributed by atoms with Crippen LogP contribution < -0.4 is 4.90 Å². The highest BCUT2D eigenvalue weighted by Gasteiger charge is 2.44. The largest absolute Gasteiger partial charge is 0.341 e. The Morgan fingerprint density at radius 1 is 0.968 bits per heavy atom. The van der Waals surface area contributed by atoms with Crippen LogP contribution in [0.15, 0.2) is 54.6 Å². The van der Waals surface area contributed by atoms with Gasteiger partial charge in [0.1, 0.15) is 12.6 Å². The standard InChI is InChI=1S/C25H29N3O3/c1-18-8-10-22(11-9-18)28-19(2)24(30)27(25(28)31)17-23(29)26-14-12-21(13-15-26)16-20-6-4-3-5-7-20/h3-11,19,21H,12-17H2,1-2H3/t19-/m1/s1. The van der Waals surface area contributed by atoms with E-state index in [4.69, 9.17) is 0 Å². The number of hydrogen-bond donors (Lipinski definition) is 0. The number of anilines is 1. The molecule has 1 atom stereocenters. The zero-order valence-electron chi connectivity index (χ0n) is 18.2. The number of amides is 4. The Bertz CT molecular complexity index is 950. The van der Waals surface area contributed by atoms with Crippen molar-refractivity contribution < 1.29 is 14.4 Å². The third kappa shape index (κ3) is 4.48. The van der Waals surface area contributed by atoms with Crippen LogP contribution in [0.5, 0.6) is 0 Å². The molecule has 4 amide bonds. The maximum absolute atomic E-state index is 12.9. The molecule has 0 radical (unpaired) electrons. The molecule has 2 fully saturated rings. The van der Waals surface area contributed by atoms with E-state index in [1.165, 1.54) is 10.5 Å². The van der Waals surface area contributed by atoms with Crippen LogP contribution in [0, 0.1) is 12.8 Å². The lowest BCUT2D eigenvalue weighted by molar-refractivity contribution is -0.138. The summed E-state index contributed by atoms with van der Waals surface area (Å²) in [6, 6.07) is 16.9. The summed E-state index contributed by atoms with van der Waals surface area (Å²) in [5.41, 5.74) is 3.08. The number of benzene rings is 2. The van der Waals surface area contributed by atoms with Gasteiger partial charge >= 0.3 is 6.03 Å². The molecule has 2 aliphatic rings. The number of aryl methyl sites for hydroxylation is 1. The molecule has 162 valence electrons. The molecular formula is C25H29N3O3. The van der Waals surface area contributed by atoms with Crippen molar-refractivity contribution in [2.45, 2.75) is 39.2 Å². The third-order valence-electron chi connectivity index (χ3n) is 6.39. The predicted octanol–water partition coefficient (Wildman–Crippen LogP) is 3.63. The summed E-state index contributed by atoms with van der Waals surface area (Å²) in [6.45, 7) is 4.83. The predicted molar refractivity (Wildman–Crippen MR) is 120 cm³/mol. The lowest BCUT2D eigenvalue weighted by atomic mass is 9.90. The zero-order chi connectivity index (χ0) is 22.0. The molecule has 0 bridgehead atoms. The smallest absolute Gasteiger partial charge is 0.332 e. The molecule has 4 rings (SSSR count). The summed E-state index contributed by atoms with van der Waals surface area (Å²) in [7, 11) is 0. The number of carbonyl (C=O) groups excluding carboxylic acids is 3. The summed E-state index contributed by atoms with van der Waals surface area (Å²) >= 11 is 0. The number of hydrogen-bond acceptors (Lipinski definition) is 3. The molecule has 0 N–H and O–H groups in total. The molecule has 31 heavy (non-hydrogen) atoms. The maximum Gasteiger partial charge on any atom is 0.332 e. The molecular weight excluding hydrogens is 390 g/mol. The summed E-state index contributed by atoms with van der Waals surface area (Å²) in [5.74, 6) is 0.0780. The molecule has 6 heteroatoms. The minimum Gasteiger partial charge on any atom is -0.341 e. The minimum atomic E-state index is -0.611. The molecule has 0 aromatic heterocycles. The van der Waals surface area contributed by atoms with Crippen LogP contribution in [0.2, 0.25) is 0 Å². The van der Waals surface area contributed by atoms with E-state index in [1.807, 2.05) is 37.3 Å². The van der Waals surface area contributed by atoms with Crippen molar-refractivity contribution in [1.29, 1.82) is 0 Å². The van der Waals surface area contributed by atoms with Crippen LogP contribution in [-0.2, 0) is 16.0 Å². The lowest BCUT2D eigenvalue weighted by Gasteiger charge is -2.33. The van der Waals surface area contributed by atoms with Gasteiger partial charge in [-0.25, -0.2) is 4.79 Å². The Kier molecular flexibility index (Phi) is 6.07. The normalized spacial score (nSPS) is 19.9. The van der Waals surface area contributed by atoms with Crippen molar-refractivity contribution in [3.05, 3.63) is 65.7 Å². The molecule has 0 saturated carbocycles. The molecule has 0 spiro atoms. The van der Waals surface area contributed by atoms with E-state index in [0.717, 1.165) is 29.7 Å². The van der Waals surface area contributed by atoms with E-state index in [0.29, 0.717) is 24.7 Å². The Labute approximate surface area is 183 Å². The topological polar surface area (TPSA) is 60.9 Å². The maximum atomic E-state index is 12.9. The van der Waals surface area contributed by atoms with Gasteiger partial charge in [-0.1, -0.05) is 48.0 Å². The monoisotopic (exact) mass is 419 g/mol. The molecule has 2 saturated heterocycles. The van der Waals surface area contributed by atoms with Gasteiger partial charge in [0, 0.05) is 18.8 Å².